The van der Waals surface area contributed by atoms with Gasteiger partial charge in [-0.25, -0.2) is 0 Å². The van der Waals surface area contributed by atoms with Crippen LogP contribution in [0.15, 0.2) is 24.3 Å². The van der Waals surface area contributed by atoms with Crippen molar-refractivity contribution in [3.05, 3.63) is 29.8 Å². The Balaban J connectivity index is 2.10. The van der Waals surface area contributed by atoms with Crippen LogP contribution in [0, 0.1) is 0 Å². The topological polar surface area (TPSA) is 49.5 Å². The maximum absolute atomic E-state index is 9.19. The number of rotatable bonds is 6. The van der Waals surface area contributed by atoms with E-state index in [1.807, 2.05) is 0 Å². The first kappa shape index (κ1) is 13.4. The molecule has 0 radical (unpaired) electrons. The molecule has 3 nitrogen and oxygen atoms in total. The Morgan fingerprint density at radius 1 is 1.33 bits per heavy atom. The minimum atomic E-state index is 0.133. The van der Waals surface area contributed by atoms with Gasteiger partial charge < -0.3 is 15.7 Å². The average molecular weight is 248 g/mol. The van der Waals surface area contributed by atoms with Crippen LogP contribution in [0.1, 0.15) is 44.2 Å². The molecule has 1 fully saturated rings. The zero-order valence-electron chi connectivity index (χ0n) is 11.2. The molecule has 3 N–H and O–H groups in total. The fourth-order valence-corrected chi connectivity index (χ4v) is 2.48. The number of nitrogens with two attached hydrogens (primary N) is 1. The molecule has 1 aromatic rings. The summed E-state index contributed by atoms with van der Waals surface area (Å²) in [6, 6.07) is 9.26. The molecule has 0 spiro atoms. The number of anilines is 1. The minimum absolute atomic E-state index is 0.133. The summed E-state index contributed by atoms with van der Waals surface area (Å²) in [7, 11) is 0. The average Bonchev–Trinajstić information content (AvgIpc) is 2.35. The third-order valence-corrected chi connectivity index (χ3v) is 3.95. The van der Waals surface area contributed by atoms with Gasteiger partial charge in [0.15, 0.2) is 0 Å². The molecular weight excluding hydrogens is 224 g/mol. The molecule has 1 aliphatic rings. The zero-order chi connectivity index (χ0) is 13.0. The Hall–Kier alpha value is -1.06. The lowest BCUT2D eigenvalue weighted by Crippen LogP contribution is -2.41. The number of aliphatic hydroxyl groups is 1. The summed E-state index contributed by atoms with van der Waals surface area (Å²) in [5.41, 5.74) is 8.43. The number of aliphatic hydroxyl groups excluding tert-OH is 1. The predicted molar refractivity (Wildman–Crippen MR) is 75.7 cm³/mol. The molecule has 2 rings (SSSR count). The van der Waals surface area contributed by atoms with Gasteiger partial charge >= 0.3 is 0 Å². The van der Waals surface area contributed by atoms with Gasteiger partial charge in [-0.05, 0) is 43.4 Å². The second-order valence-corrected chi connectivity index (χ2v) is 5.11. The van der Waals surface area contributed by atoms with Gasteiger partial charge in [0, 0.05) is 24.3 Å². The molecule has 0 amide bonds. The van der Waals surface area contributed by atoms with Gasteiger partial charge in [-0.2, -0.15) is 0 Å². The quantitative estimate of drug-likeness (QED) is 0.813. The maximum atomic E-state index is 9.19. The lowest BCUT2D eigenvalue weighted by Gasteiger charge is -2.39. The van der Waals surface area contributed by atoms with Crippen molar-refractivity contribution in [1.29, 1.82) is 0 Å². The van der Waals surface area contributed by atoms with Crippen molar-refractivity contribution >= 4 is 5.69 Å². The summed E-state index contributed by atoms with van der Waals surface area (Å²) < 4.78 is 0. The van der Waals surface area contributed by atoms with E-state index in [0.29, 0.717) is 6.04 Å². The van der Waals surface area contributed by atoms with Gasteiger partial charge in [-0.3, -0.25) is 0 Å². The van der Waals surface area contributed by atoms with E-state index < -0.39 is 0 Å². The highest BCUT2D eigenvalue weighted by molar-refractivity contribution is 5.49. The van der Waals surface area contributed by atoms with Crippen molar-refractivity contribution in [3.8, 4) is 0 Å². The second kappa shape index (κ2) is 6.21. The molecule has 1 aromatic carbocycles. The third-order valence-electron chi connectivity index (χ3n) is 3.95. The molecule has 1 saturated carbocycles. The molecule has 1 atom stereocenters. The van der Waals surface area contributed by atoms with E-state index in [9.17, 15) is 5.11 Å². The molecule has 0 aromatic heterocycles. The van der Waals surface area contributed by atoms with Crippen LogP contribution in [-0.2, 0) is 0 Å². The Kier molecular flexibility index (Phi) is 4.61. The summed E-state index contributed by atoms with van der Waals surface area (Å²) in [6.45, 7) is 3.04. The van der Waals surface area contributed by atoms with E-state index in [-0.39, 0.29) is 12.6 Å². The second-order valence-electron chi connectivity index (χ2n) is 5.11. The highest BCUT2D eigenvalue weighted by Crippen LogP contribution is 2.30. The first-order valence-corrected chi connectivity index (χ1v) is 6.99. The Morgan fingerprint density at radius 2 is 2.00 bits per heavy atom. The van der Waals surface area contributed by atoms with E-state index in [4.69, 9.17) is 5.73 Å². The fourth-order valence-electron chi connectivity index (χ4n) is 2.48. The maximum Gasteiger partial charge on any atom is 0.0606 e. The summed E-state index contributed by atoms with van der Waals surface area (Å²) in [6.07, 6.45) is 4.76. The van der Waals surface area contributed by atoms with Gasteiger partial charge in [0.1, 0.15) is 0 Å². The number of hydrogen-bond acceptors (Lipinski definition) is 3. The van der Waals surface area contributed by atoms with Crippen LogP contribution >= 0.6 is 0 Å². The monoisotopic (exact) mass is 248 g/mol. The van der Waals surface area contributed by atoms with Gasteiger partial charge in [-0.1, -0.05) is 19.1 Å². The first-order valence-electron chi connectivity index (χ1n) is 6.99. The largest absolute Gasteiger partial charge is 0.395 e. The van der Waals surface area contributed by atoms with Crippen molar-refractivity contribution in [3.63, 3.8) is 0 Å². The zero-order valence-corrected chi connectivity index (χ0v) is 11.2. The standard InChI is InChI=1S/C15H24N2O/c1-2-15(16)12-6-8-14(9-7-12)17(10-11-18)13-4-3-5-13/h6-9,13,15,18H,2-5,10-11,16H2,1H3. The van der Waals surface area contributed by atoms with Crippen molar-refractivity contribution in [2.24, 2.45) is 5.73 Å². The molecular formula is C15H24N2O. The van der Waals surface area contributed by atoms with E-state index in [1.54, 1.807) is 0 Å². The summed E-state index contributed by atoms with van der Waals surface area (Å²) in [4.78, 5) is 2.32. The van der Waals surface area contributed by atoms with E-state index >= 15 is 0 Å². The van der Waals surface area contributed by atoms with Gasteiger partial charge in [0.2, 0.25) is 0 Å². The SMILES string of the molecule is CCC(N)c1ccc(N(CCO)C2CCC2)cc1. The Morgan fingerprint density at radius 3 is 2.44 bits per heavy atom. The lowest BCUT2D eigenvalue weighted by molar-refractivity contribution is 0.283. The molecule has 1 unspecified atom stereocenters. The summed E-state index contributed by atoms with van der Waals surface area (Å²) >= 11 is 0. The van der Waals surface area contributed by atoms with Crippen LogP contribution in [0.4, 0.5) is 5.69 Å². The van der Waals surface area contributed by atoms with Crippen molar-refractivity contribution in [1.82, 2.24) is 0 Å². The minimum Gasteiger partial charge on any atom is -0.395 e. The van der Waals surface area contributed by atoms with Crippen LogP contribution in [0.25, 0.3) is 0 Å². The molecule has 0 heterocycles. The number of benzene rings is 1. The van der Waals surface area contributed by atoms with Gasteiger partial charge in [0.05, 0.1) is 6.61 Å². The lowest BCUT2D eigenvalue weighted by atomic mass is 9.91. The van der Waals surface area contributed by atoms with Crippen LogP contribution in [0.3, 0.4) is 0 Å². The van der Waals surface area contributed by atoms with E-state index in [2.05, 4.69) is 36.1 Å². The molecule has 100 valence electrons. The first-order chi connectivity index (χ1) is 8.76. The van der Waals surface area contributed by atoms with Crippen molar-refractivity contribution in [2.45, 2.75) is 44.7 Å². The molecule has 0 bridgehead atoms. The highest BCUT2D eigenvalue weighted by atomic mass is 16.3. The molecule has 3 heteroatoms. The highest BCUT2D eigenvalue weighted by Gasteiger charge is 2.24. The Bertz CT molecular complexity index is 359. The van der Waals surface area contributed by atoms with Crippen molar-refractivity contribution in [2.75, 3.05) is 18.1 Å². The molecule has 0 aliphatic heterocycles. The number of nitrogens with zero attached hydrogens (tertiary/aromatic N) is 1. The van der Waals surface area contributed by atoms with Crippen LogP contribution in [-0.4, -0.2) is 24.3 Å². The summed E-state index contributed by atoms with van der Waals surface area (Å²) in [5.74, 6) is 0. The fraction of sp³-hybridized carbons (Fsp3) is 0.600. The normalized spacial score (nSPS) is 17.3. The van der Waals surface area contributed by atoms with Crippen LogP contribution < -0.4 is 10.6 Å². The smallest absolute Gasteiger partial charge is 0.0606 e. The third kappa shape index (κ3) is 2.85. The predicted octanol–water partition coefficient (Wildman–Crippen LogP) is 2.45. The molecule has 1 aliphatic carbocycles. The Labute approximate surface area is 110 Å². The van der Waals surface area contributed by atoms with Gasteiger partial charge in [-0.15, -0.1) is 0 Å². The van der Waals surface area contributed by atoms with E-state index in [0.717, 1.165) is 13.0 Å². The number of hydrogen-bond donors (Lipinski definition) is 2. The van der Waals surface area contributed by atoms with E-state index in [1.165, 1.54) is 30.5 Å². The van der Waals surface area contributed by atoms with Crippen LogP contribution in [0.2, 0.25) is 0 Å². The van der Waals surface area contributed by atoms with Crippen molar-refractivity contribution < 1.29 is 5.11 Å². The van der Waals surface area contributed by atoms with Gasteiger partial charge in [0.25, 0.3) is 0 Å². The summed E-state index contributed by atoms with van der Waals surface area (Å²) in [5, 5.41) is 9.19. The molecule has 0 saturated heterocycles. The molecule has 18 heavy (non-hydrogen) atoms. The van der Waals surface area contributed by atoms with Crippen LogP contribution in [0.5, 0.6) is 0 Å².